The maximum absolute atomic E-state index is 9.51. The van der Waals surface area contributed by atoms with Gasteiger partial charge in [-0.2, -0.15) is 0 Å². The van der Waals surface area contributed by atoms with Gasteiger partial charge in [0.25, 0.3) is 0 Å². The summed E-state index contributed by atoms with van der Waals surface area (Å²) in [5.41, 5.74) is -2.61. The van der Waals surface area contributed by atoms with E-state index in [4.69, 9.17) is 0 Å². The highest BCUT2D eigenvalue weighted by Crippen LogP contribution is 2.19. The van der Waals surface area contributed by atoms with Crippen molar-refractivity contribution in [3.05, 3.63) is 12.7 Å². The molecule has 0 rings (SSSR count). The molecule has 62 valence electrons. The topological polar surface area (TPSA) is 40.5 Å². The predicted molar refractivity (Wildman–Crippen MR) is 44.9 cm³/mol. The highest BCUT2D eigenvalue weighted by molar-refractivity contribution is 5.23. The van der Waals surface area contributed by atoms with Crippen LogP contribution in [-0.4, -0.2) is 21.4 Å². The molecule has 0 bridgehead atoms. The second kappa shape index (κ2) is 3.08. The van der Waals surface area contributed by atoms with Crippen molar-refractivity contribution in [2.24, 2.45) is 0 Å². The Balaban J connectivity index is 4.59. The largest absolute Gasteiger partial charge is 0.386 e. The van der Waals surface area contributed by atoms with Crippen molar-refractivity contribution in [1.82, 2.24) is 0 Å². The van der Waals surface area contributed by atoms with E-state index >= 15 is 0 Å². The van der Waals surface area contributed by atoms with Crippen LogP contribution in [0.5, 0.6) is 0 Å². The normalized spacial score (nSPS) is 16.1. The van der Waals surface area contributed by atoms with Crippen LogP contribution in [0.25, 0.3) is 0 Å². The molecular formula is C9H14O2. The first-order chi connectivity index (χ1) is 4.81. The molecule has 0 fully saturated rings. The van der Waals surface area contributed by atoms with Gasteiger partial charge in [-0.25, -0.2) is 0 Å². The highest BCUT2D eigenvalue weighted by Gasteiger charge is 2.35. The van der Waals surface area contributed by atoms with Gasteiger partial charge in [-0.15, -0.1) is 0 Å². The van der Waals surface area contributed by atoms with E-state index in [2.05, 4.69) is 18.4 Å². The summed E-state index contributed by atoms with van der Waals surface area (Å²) in [7, 11) is 0. The molecule has 1 unspecified atom stereocenters. The highest BCUT2D eigenvalue weighted by atomic mass is 16.3. The fraction of sp³-hybridized carbons (Fsp3) is 0.556. The third kappa shape index (κ3) is 2.75. The van der Waals surface area contributed by atoms with E-state index < -0.39 is 11.2 Å². The van der Waals surface area contributed by atoms with E-state index in [9.17, 15) is 10.2 Å². The average molecular weight is 154 g/mol. The number of hydrogen-bond acceptors (Lipinski definition) is 2. The monoisotopic (exact) mass is 154 g/mol. The molecule has 0 aromatic rings. The number of allylic oxidation sites excluding steroid dienone is 1. The van der Waals surface area contributed by atoms with Crippen LogP contribution in [0.4, 0.5) is 0 Å². The van der Waals surface area contributed by atoms with Gasteiger partial charge >= 0.3 is 0 Å². The summed E-state index contributed by atoms with van der Waals surface area (Å²) in [5.74, 6) is 4.99. The minimum atomic E-state index is -1.39. The molecule has 0 saturated heterocycles. The molecule has 1 atom stereocenters. The lowest BCUT2D eigenvalue weighted by Crippen LogP contribution is -2.46. The van der Waals surface area contributed by atoms with Crippen LogP contribution < -0.4 is 0 Å². The van der Waals surface area contributed by atoms with Crippen molar-refractivity contribution in [2.75, 3.05) is 0 Å². The number of aliphatic hydroxyl groups is 2. The first-order valence-corrected chi connectivity index (χ1v) is 3.39. The zero-order chi connectivity index (χ0) is 9.12. The molecular weight excluding hydrogens is 140 g/mol. The Hall–Kier alpha value is -0.780. The quantitative estimate of drug-likeness (QED) is 0.546. The third-order valence-electron chi connectivity index (χ3n) is 1.61. The molecule has 11 heavy (non-hydrogen) atoms. The lowest BCUT2D eigenvalue weighted by molar-refractivity contribution is -0.0820. The van der Waals surface area contributed by atoms with Gasteiger partial charge in [0, 0.05) is 0 Å². The molecule has 0 spiro atoms. The summed E-state index contributed by atoms with van der Waals surface area (Å²) < 4.78 is 0. The van der Waals surface area contributed by atoms with E-state index in [1.54, 1.807) is 0 Å². The SMILES string of the molecule is C=CC#CC(C)(O)C(C)(C)O. The molecule has 0 aliphatic rings. The maximum Gasteiger partial charge on any atom is 0.150 e. The van der Waals surface area contributed by atoms with Crippen molar-refractivity contribution < 1.29 is 10.2 Å². The molecule has 2 nitrogen and oxygen atoms in total. The van der Waals surface area contributed by atoms with Crippen LogP contribution in [-0.2, 0) is 0 Å². The van der Waals surface area contributed by atoms with Crippen LogP contribution in [0.3, 0.4) is 0 Å². The van der Waals surface area contributed by atoms with Crippen molar-refractivity contribution in [3.63, 3.8) is 0 Å². The van der Waals surface area contributed by atoms with Gasteiger partial charge in [-0.3, -0.25) is 0 Å². The van der Waals surface area contributed by atoms with Crippen molar-refractivity contribution >= 4 is 0 Å². The first-order valence-electron chi connectivity index (χ1n) is 3.39. The van der Waals surface area contributed by atoms with Crippen molar-refractivity contribution in [2.45, 2.75) is 32.0 Å². The third-order valence-corrected chi connectivity index (χ3v) is 1.61. The van der Waals surface area contributed by atoms with Gasteiger partial charge in [-0.05, 0) is 26.8 Å². The van der Waals surface area contributed by atoms with Gasteiger partial charge in [0.2, 0.25) is 0 Å². The summed E-state index contributed by atoms with van der Waals surface area (Å²) in [6.45, 7) is 7.85. The van der Waals surface area contributed by atoms with Gasteiger partial charge in [-0.1, -0.05) is 18.4 Å². The van der Waals surface area contributed by atoms with Crippen molar-refractivity contribution in [1.29, 1.82) is 0 Å². The Kier molecular flexibility index (Phi) is 2.86. The lowest BCUT2D eigenvalue weighted by atomic mass is 9.88. The summed E-state index contributed by atoms with van der Waals surface area (Å²) in [6.07, 6.45) is 1.38. The molecule has 2 heteroatoms. The molecule has 0 saturated carbocycles. The fourth-order valence-electron chi connectivity index (χ4n) is 0.345. The Morgan fingerprint density at radius 2 is 1.73 bits per heavy atom. The van der Waals surface area contributed by atoms with Crippen LogP contribution in [0.15, 0.2) is 12.7 Å². The van der Waals surface area contributed by atoms with Gasteiger partial charge in [0.15, 0.2) is 5.60 Å². The minimum absolute atomic E-state index is 1.22. The van der Waals surface area contributed by atoms with E-state index in [-0.39, 0.29) is 0 Å². The molecule has 2 N–H and O–H groups in total. The van der Waals surface area contributed by atoms with Crippen LogP contribution >= 0.6 is 0 Å². The van der Waals surface area contributed by atoms with Crippen molar-refractivity contribution in [3.8, 4) is 11.8 Å². The van der Waals surface area contributed by atoms with E-state index in [0.717, 1.165) is 0 Å². The number of hydrogen-bond donors (Lipinski definition) is 2. The second-order valence-corrected chi connectivity index (χ2v) is 3.10. The standard InChI is InChI=1S/C9H14O2/c1-5-6-7-9(4,11)8(2,3)10/h5,10-11H,1H2,2-4H3. The molecule has 0 aromatic heterocycles. The fourth-order valence-corrected chi connectivity index (χ4v) is 0.345. The molecule has 0 amide bonds. The van der Waals surface area contributed by atoms with E-state index in [1.807, 2.05) is 0 Å². The zero-order valence-electron chi connectivity index (χ0n) is 7.18. The van der Waals surface area contributed by atoms with Gasteiger partial charge < -0.3 is 10.2 Å². The van der Waals surface area contributed by atoms with Gasteiger partial charge in [0.1, 0.15) is 0 Å². The molecule has 0 aliphatic heterocycles. The summed E-state index contributed by atoms with van der Waals surface area (Å²) in [6, 6.07) is 0. The van der Waals surface area contributed by atoms with Crippen LogP contribution in [0.2, 0.25) is 0 Å². The van der Waals surface area contributed by atoms with Gasteiger partial charge in [0.05, 0.1) is 5.60 Å². The summed E-state index contributed by atoms with van der Waals surface area (Å²) in [5, 5.41) is 18.9. The number of rotatable bonds is 1. The zero-order valence-corrected chi connectivity index (χ0v) is 7.18. The first kappa shape index (κ1) is 10.2. The Labute approximate surface area is 67.6 Å². The summed E-state index contributed by atoms with van der Waals surface area (Å²) in [4.78, 5) is 0. The minimum Gasteiger partial charge on any atom is -0.386 e. The Morgan fingerprint density at radius 1 is 1.27 bits per heavy atom. The molecule has 0 aliphatic carbocycles. The smallest absolute Gasteiger partial charge is 0.150 e. The molecule has 0 radical (unpaired) electrons. The molecule has 0 aromatic carbocycles. The van der Waals surface area contributed by atoms with E-state index in [0.29, 0.717) is 0 Å². The Morgan fingerprint density at radius 3 is 2.00 bits per heavy atom. The van der Waals surface area contributed by atoms with Crippen LogP contribution in [0, 0.1) is 11.8 Å². The maximum atomic E-state index is 9.51. The average Bonchev–Trinajstić information content (AvgIpc) is 1.81. The second-order valence-electron chi connectivity index (χ2n) is 3.10. The Bertz CT molecular complexity index is 198. The summed E-state index contributed by atoms with van der Waals surface area (Å²) >= 11 is 0. The van der Waals surface area contributed by atoms with Crippen LogP contribution in [0.1, 0.15) is 20.8 Å². The molecule has 0 heterocycles. The lowest BCUT2D eigenvalue weighted by Gasteiger charge is -2.30. The van der Waals surface area contributed by atoms with E-state index in [1.165, 1.54) is 26.8 Å². The predicted octanol–water partition coefficient (Wildman–Crippen LogP) is 0.698.